The van der Waals surface area contributed by atoms with Crippen molar-refractivity contribution < 1.29 is 19.1 Å². The van der Waals surface area contributed by atoms with E-state index in [1.807, 2.05) is 0 Å². The lowest BCUT2D eigenvalue weighted by atomic mass is 10.2. The maximum atomic E-state index is 10.6. The molecule has 0 atom stereocenters. The minimum Gasteiger partial charge on any atom is -0.493 e. The summed E-state index contributed by atoms with van der Waals surface area (Å²) < 4.78 is 18.7. The summed E-state index contributed by atoms with van der Waals surface area (Å²) in [5.41, 5.74) is 1.18. The van der Waals surface area contributed by atoms with Gasteiger partial charge in [0.25, 0.3) is 0 Å². The van der Waals surface area contributed by atoms with E-state index < -0.39 is 10.9 Å². The van der Waals surface area contributed by atoms with Crippen LogP contribution in [0.15, 0.2) is 24.7 Å². The predicted octanol–water partition coefficient (Wildman–Crippen LogP) is 0.841. The standard InChI is InChI=1S/C14H15N7O5/c1-24-11-4-10(5-12(25-2)13(11)26-3)20-7-9(16-18-20)6-19-8-15-14(17-19)21(22)23/h4-5,7-8H,6H2,1-3H3. The number of nitrogens with zero attached hydrogens (tertiary/aromatic N) is 7. The molecule has 0 amide bonds. The van der Waals surface area contributed by atoms with Gasteiger partial charge in [0, 0.05) is 17.2 Å². The van der Waals surface area contributed by atoms with Crippen molar-refractivity contribution in [2.75, 3.05) is 21.3 Å². The fraction of sp³-hybridized carbons (Fsp3) is 0.286. The van der Waals surface area contributed by atoms with Crippen LogP contribution in [-0.2, 0) is 6.54 Å². The zero-order chi connectivity index (χ0) is 18.7. The third-order valence-electron chi connectivity index (χ3n) is 3.47. The molecule has 1 aromatic carbocycles. The Hall–Kier alpha value is -3.70. The number of ether oxygens (including phenoxy) is 3. The number of hydrogen-bond acceptors (Lipinski definition) is 9. The van der Waals surface area contributed by atoms with E-state index in [0.717, 1.165) is 0 Å². The van der Waals surface area contributed by atoms with Crippen LogP contribution in [0.5, 0.6) is 17.2 Å². The van der Waals surface area contributed by atoms with Crippen LogP contribution in [-0.4, -0.2) is 56.0 Å². The van der Waals surface area contributed by atoms with Crippen LogP contribution in [0.4, 0.5) is 5.95 Å². The molecule has 0 spiro atoms. The molecule has 0 saturated heterocycles. The Morgan fingerprint density at radius 1 is 1.15 bits per heavy atom. The molecule has 3 rings (SSSR count). The van der Waals surface area contributed by atoms with Crippen LogP contribution < -0.4 is 14.2 Å². The van der Waals surface area contributed by atoms with E-state index >= 15 is 0 Å². The smallest absolute Gasteiger partial charge is 0.490 e. The van der Waals surface area contributed by atoms with Crippen molar-refractivity contribution in [2.24, 2.45) is 0 Å². The monoisotopic (exact) mass is 361 g/mol. The SMILES string of the molecule is COc1cc(-n2cc(Cn3cnc([N+](=O)[O-])n3)nn2)cc(OC)c1OC. The maximum absolute atomic E-state index is 10.6. The summed E-state index contributed by atoms with van der Waals surface area (Å²) in [6.07, 6.45) is 2.92. The van der Waals surface area contributed by atoms with E-state index in [2.05, 4.69) is 20.4 Å². The lowest BCUT2D eigenvalue weighted by Gasteiger charge is -2.13. The average molecular weight is 361 g/mol. The minimum absolute atomic E-state index is 0.186. The molecular weight excluding hydrogens is 346 g/mol. The van der Waals surface area contributed by atoms with Gasteiger partial charge in [-0.3, -0.25) is 0 Å². The number of rotatable bonds is 7. The normalized spacial score (nSPS) is 10.6. The van der Waals surface area contributed by atoms with Gasteiger partial charge in [0.05, 0.1) is 33.2 Å². The fourth-order valence-corrected chi connectivity index (χ4v) is 2.31. The Kier molecular flexibility index (Phi) is 4.64. The van der Waals surface area contributed by atoms with Crippen LogP contribution >= 0.6 is 0 Å². The second-order valence-electron chi connectivity index (χ2n) is 5.04. The zero-order valence-corrected chi connectivity index (χ0v) is 14.2. The van der Waals surface area contributed by atoms with Gasteiger partial charge in [0.1, 0.15) is 12.2 Å². The van der Waals surface area contributed by atoms with E-state index in [-0.39, 0.29) is 6.54 Å². The summed E-state index contributed by atoms with van der Waals surface area (Å²) >= 11 is 0. The molecule has 12 nitrogen and oxygen atoms in total. The number of nitro groups is 1. The third-order valence-corrected chi connectivity index (χ3v) is 3.47. The van der Waals surface area contributed by atoms with Crippen molar-refractivity contribution in [3.8, 4) is 22.9 Å². The third kappa shape index (κ3) is 3.24. The summed E-state index contributed by atoms with van der Waals surface area (Å²) in [7, 11) is 4.56. The van der Waals surface area contributed by atoms with Gasteiger partial charge in [0.2, 0.25) is 12.1 Å². The fourth-order valence-electron chi connectivity index (χ4n) is 2.31. The summed E-state index contributed by atoms with van der Waals surface area (Å²) in [6, 6.07) is 3.44. The van der Waals surface area contributed by atoms with Crippen LogP contribution in [0.1, 0.15) is 5.69 Å². The first-order valence-electron chi connectivity index (χ1n) is 7.31. The van der Waals surface area contributed by atoms with Gasteiger partial charge in [-0.15, -0.1) is 5.10 Å². The Morgan fingerprint density at radius 3 is 2.38 bits per heavy atom. The summed E-state index contributed by atoms with van der Waals surface area (Å²) in [5, 5.41) is 22.5. The van der Waals surface area contributed by atoms with Crippen LogP contribution in [0.2, 0.25) is 0 Å². The number of benzene rings is 1. The van der Waals surface area contributed by atoms with Gasteiger partial charge in [-0.2, -0.15) is 4.68 Å². The first-order chi connectivity index (χ1) is 12.5. The molecule has 0 radical (unpaired) electrons. The average Bonchev–Trinajstić information content (AvgIpc) is 3.30. The van der Waals surface area contributed by atoms with Crippen molar-refractivity contribution in [1.29, 1.82) is 0 Å². The molecular formula is C14H15N7O5. The van der Waals surface area contributed by atoms with E-state index in [0.29, 0.717) is 28.6 Å². The number of hydrogen-bond donors (Lipinski definition) is 0. The lowest BCUT2D eigenvalue weighted by Crippen LogP contribution is -2.02. The predicted molar refractivity (Wildman–Crippen MR) is 86.8 cm³/mol. The quantitative estimate of drug-likeness (QED) is 0.443. The Morgan fingerprint density at radius 2 is 1.85 bits per heavy atom. The highest BCUT2D eigenvalue weighted by Gasteiger charge is 2.17. The zero-order valence-electron chi connectivity index (χ0n) is 14.2. The molecule has 0 unspecified atom stereocenters. The molecule has 0 bridgehead atoms. The second-order valence-corrected chi connectivity index (χ2v) is 5.04. The molecule has 0 aliphatic rings. The molecule has 0 aliphatic carbocycles. The van der Waals surface area contributed by atoms with Crippen LogP contribution in [0, 0.1) is 10.1 Å². The molecule has 136 valence electrons. The van der Waals surface area contributed by atoms with Gasteiger partial charge in [0.15, 0.2) is 11.5 Å². The molecule has 2 heterocycles. The largest absolute Gasteiger partial charge is 0.493 e. The van der Waals surface area contributed by atoms with Gasteiger partial charge < -0.3 is 24.3 Å². The molecule has 26 heavy (non-hydrogen) atoms. The minimum atomic E-state index is -0.663. The Balaban J connectivity index is 1.88. The van der Waals surface area contributed by atoms with Crippen molar-refractivity contribution >= 4 is 5.95 Å². The van der Waals surface area contributed by atoms with Crippen molar-refractivity contribution in [3.05, 3.63) is 40.5 Å². The Labute approximate surface area is 147 Å². The van der Waals surface area contributed by atoms with Crippen LogP contribution in [0.25, 0.3) is 5.69 Å². The summed E-state index contributed by atoms with van der Waals surface area (Å²) in [4.78, 5) is 13.6. The molecule has 0 aliphatic heterocycles. The Bertz CT molecular complexity index is 910. The van der Waals surface area contributed by atoms with Gasteiger partial charge >= 0.3 is 5.95 Å². The lowest BCUT2D eigenvalue weighted by molar-refractivity contribution is -0.394. The highest BCUT2D eigenvalue weighted by atomic mass is 16.6. The summed E-state index contributed by atoms with van der Waals surface area (Å²) in [5.74, 6) is 0.952. The molecule has 0 N–H and O–H groups in total. The first-order valence-corrected chi connectivity index (χ1v) is 7.31. The van der Waals surface area contributed by atoms with E-state index in [1.165, 1.54) is 37.0 Å². The van der Waals surface area contributed by atoms with Gasteiger partial charge in [-0.25, -0.2) is 4.68 Å². The molecule has 0 fully saturated rings. The van der Waals surface area contributed by atoms with Gasteiger partial charge in [-0.1, -0.05) is 10.2 Å². The van der Waals surface area contributed by atoms with Gasteiger partial charge in [-0.05, 0) is 4.92 Å². The molecule has 0 saturated carbocycles. The van der Waals surface area contributed by atoms with Crippen molar-refractivity contribution in [3.63, 3.8) is 0 Å². The summed E-state index contributed by atoms with van der Waals surface area (Å²) in [6.45, 7) is 0.186. The van der Waals surface area contributed by atoms with E-state index in [4.69, 9.17) is 14.2 Å². The molecule has 2 aromatic heterocycles. The van der Waals surface area contributed by atoms with Crippen molar-refractivity contribution in [2.45, 2.75) is 6.54 Å². The van der Waals surface area contributed by atoms with Crippen LogP contribution in [0.3, 0.4) is 0 Å². The number of aromatic nitrogens is 6. The highest BCUT2D eigenvalue weighted by molar-refractivity contribution is 5.57. The van der Waals surface area contributed by atoms with E-state index in [1.54, 1.807) is 18.3 Å². The topological polar surface area (TPSA) is 132 Å². The second kappa shape index (κ2) is 7.04. The van der Waals surface area contributed by atoms with E-state index in [9.17, 15) is 10.1 Å². The maximum Gasteiger partial charge on any atom is 0.490 e. The van der Waals surface area contributed by atoms with Crippen molar-refractivity contribution in [1.82, 2.24) is 29.8 Å². The first kappa shape index (κ1) is 17.1. The molecule has 12 heteroatoms. The highest BCUT2D eigenvalue weighted by Crippen LogP contribution is 2.39. The molecule has 3 aromatic rings. The number of methoxy groups -OCH3 is 3.